The predicted molar refractivity (Wildman–Crippen MR) is 62.5 cm³/mol. The van der Waals surface area contributed by atoms with Crippen molar-refractivity contribution in [1.82, 2.24) is 4.98 Å². The Morgan fingerprint density at radius 1 is 1.53 bits per heavy atom. The van der Waals surface area contributed by atoms with Crippen molar-refractivity contribution >= 4 is 11.3 Å². The van der Waals surface area contributed by atoms with Crippen molar-refractivity contribution in [2.45, 2.75) is 38.2 Å². The van der Waals surface area contributed by atoms with Crippen LogP contribution in [0.25, 0.3) is 0 Å². The van der Waals surface area contributed by atoms with Gasteiger partial charge in [0.1, 0.15) is 6.61 Å². The van der Waals surface area contributed by atoms with Crippen molar-refractivity contribution in [2.24, 2.45) is 5.73 Å². The predicted octanol–water partition coefficient (Wildman–Crippen LogP) is 2.30. The minimum atomic E-state index is -2.40. The fourth-order valence-electron chi connectivity index (χ4n) is 1.94. The van der Waals surface area contributed by atoms with Gasteiger partial charge in [-0.2, -0.15) is 0 Å². The Kier molecular flexibility index (Phi) is 4.42. The third kappa shape index (κ3) is 3.43. The summed E-state index contributed by atoms with van der Waals surface area (Å²) in [6, 6.07) is 0.104. The van der Waals surface area contributed by atoms with E-state index in [-0.39, 0.29) is 6.04 Å². The Labute approximate surface area is 103 Å². The second-order valence-electron chi connectivity index (χ2n) is 4.13. The first-order chi connectivity index (χ1) is 8.16. The van der Waals surface area contributed by atoms with Gasteiger partial charge >= 0.3 is 0 Å². The van der Waals surface area contributed by atoms with Gasteiger partial charge in [-0.05, 0) is 19.3 Å². The summed E-state index contributed by atoms with van der Waals surface area (Å²) in [7, 11) is 0. The molecule has 0 aromatic carbocycles. The maximum Gasteiger partial charge on any atom is 0.261 e. The second-order valence-corrected chi connectivity index (χ2v) is 5.25. The summed E-state index contributed by atoms with van der Waals surface area (Å²) >= 11 is 1.60. The van der Waals surface area contributed by atoms with E-state index in [1.807, 2.05) is 0 Å². The van der Waals surface area contributed by atoms with E-state index in [0.29, 0.717) is 13.0 Å². The summed E-state index contributed by atoms with van der Waals surface area (Å²) in [4.78, 5) is 5.66. The number of fused-ring (bicyclic) bond motifs is 1. The van der Waals surface area contributed by atoms with Crippen LogP contribution in [0, 0.1) is 0 Å². The molecule has 96 valence electrons. The summed E-state index contributed by atoms with van der Waals surface area (Å²) in [6.45, 7) is -0.198. The van der Waals surface area contributed by atoms with Crippen LogP contribution in [0.15, 0.2) is 0 Å². The van der Waals surface area contributed by atoms with Crippen LogP contribution in [0.3, 0.4) is 0 Å². The Morgan fingerprint density at radius 3 is 3.06 bits per heavy atom. The lowest BCUT2D eigenvalue weighted by Gasteiger charge is -2.15. The molecule has 1 aliphatic carbocycles. The molecule has 0 saturated carbocycles. The number of thiazole rings is 1. The third-order valence-electron chi connectivity index (χ3n) is 2.74. The van der Waals surface area contributed by atoms with Crippen LogP contribution >= 0.6 is 11.3 Å². The van der Waals surface area contributed by atoms with Crippen LogP contribution < -0.4 is 5.73 Å². The normalized spacial score (nSPS) is 19.6. The first-order valence-corrected chi connectivity index (χ1v) is 6.58. The molecule has 1 unspecified atom stereocenters. The van der Waals surface area contributed by atoms with Gasteiger partial charge in [0, 0.05) is 17.3 Å². The van der Waals surface area contributed by atoms with Gasteiger partial charge < -0.3 is 10.5 Å². The Hall–Kier alpha value is -0.590. The SMILES string of the molecule is NC1CCCc2nc(CCOCC(F)F)sc21. The monoisotopic (exact) mass is 262 g/mol. The number of alkyl halides is 2. The molecular weight excluding hydrogens is 246 g/mol. The van der Waals surface area contributed by atoms with Gasteiger partial charge in [-0.1, -0.05) is 0 Å². The smallest absolute Gasteiger partial charge is 0.261 e. The number of hydrogen-bond donors (Lipinski definition) is 1. The number of rotatable bonds is 5. The second kappa shape index (κ2) is 5.84. The molecule has 17 heavy (non-hydrogen) atoms. The Balaban J connectivity index is 1.85. The molecule has 1 heterocycles. The van der Waals surface area contributed by atoms with E-state index in [0.717, 1.165) is 30.0 Å². The van der Waals surface area contributed by atoms with Gasteiger partial charge in [-0.3, -0.25) is 0 Å². The maximum atomic E-state index is 11.8. The van der Waals surface area contributed by atoms with Gasteiger partial charge in [0.25, 0.3) is 6.43 Å². The Morgan fingerprint density at radius 2 is 2.35 bits per heavy atom. The molecule has 1 aliphatic rings. The van der Waals surface area contributed by atoms with Crippen molar-refractivity contribution in [3.05, 3.63) is 15.6 Å². The molecule has 3 nitrogen and oxygen atoms in total. The van der Waals surface area contributed by atoms with Crippen LogP contribution in [-0.4, -0.2) is 24.6 Å². The van der Waals surface area contributed by atoms with E-state index < -0.39 is 13.0 Å². The fourth-order valence-corrected chi connectivity index (χ4v) is 3.07. The number of nitrogens with two attached hydrogens (primary N) is 1. The van der Waals surface area contributed by atoms with E-state index >= 15 is 0 Å². The van der Waals surface area contributed by atoms with Crippen molar-refractivity contribution in [3.63, 3.8) is 0 Å². The van der Waals surface area contributed by atoms with E-state index in [2.05, 4.69) is 4.98 Å². The van der Waals surface area contributed by atoms with Crippen LogP contribution in [-0.2, 0) is 17.6 Å². The lowest BCUT2D eigenvalue weighted by molar-refractivity contribution is 0.0187. The molecule has 1 aromatic rings. The maximum absolute atomic E-state index is 11.8. The summed E-state index contributed by atoms with van der Waals surface area (Å²) in [5.74, 6) is 0. The van der Waals surface area contributed by atoms with Crippen molar-refractivity contribution in [3.8, 4) is 0 Å². The minimum Gasteiger partial charge on any atom is -0.375 e. The molecule has 2 rings (SSSR count). The highest BCUT2D eigenvalue weighted by Gasteiger charge is 2.21. The molecule has 2 N–H and O–H groups in total. The zero-order valence-electron chi connectivity index (χ0n) is 9.49. The van der Waals surface area contributed by atoms with Crippen LogP contribution in [0.5, 0.6) is 0 Å². The lowest BCUT2D eigenvalue weighted by Crippen LogP contribution is -2.15. The first kappa shape index (κ1) is 12.9. The molecule has 0 amide bonds. The summed E-state index contributed by atoms with van der Waals surface area (Å²) in [5, 5.41) is 0.946. The number of aryl methyl sites for hydroxylation is 1. The van der Waals surface area contributed by atoms with Crippen LogP contribution in [0.1, 0.15) is 34.5 Å². The summed E-state index contributed by atoms with van der Waals surface area (Å²) in [6.07, 6.45) is 1.28. The zero-order valence-corrected chi connectivity index (χ0v) is 10.3. The van der Waals surface area contributed by atoms with E-state index in [1.54, 1.807) is 11.3 Å². The van der Waals surface area contributed by atoms with Crippen molar-refractivity contribution < 1.29 is 13.5 Å². The topological polar surface area (TPSA) is 48.1 Å². The van der Waals surface area contributed by atoms with Gasteiger partial charge in [0.05, 0.1) is 17.3 Å². The van der Waals surface area contributed by atoms with E-state index in [4.69, 9.17) is 10.5 Å². The molecule has 0 bridgehead atoms. The first-order valence-electron chi connectivity index (χ1n) is 5.76. The minimum absolute atomic E-state index is 0.104. The van der Waals surface area contributed by atoms with Gasteiger partial charge in [0.15, 0.2) is 0 Å². The molecule has 1 atom stereocenters. The van der Waals surface area contributed by atoms with E-state index in [9.17, 15) is 8.78 Å². The summed E-state index contributed by atoms with van der Waals surface area (Å²) < 4.78 is 28.5. The van der Waals surface area contributed by atoms with Crippen LogP contribution in [0.4, 0.5) is 8.78 Å². The molecule has 0 spiro atoms. The Bertz CT molecular complexity index is 370. The molecule has 6 heteroatoms. The largest absolute Gasteiger partial charge is 0.375 e. The average Bonchev–Trinajstić information content (AvgIpc) is 2.69. The highest BCUT2D eigenvalue weighted by atomic mass is 32.1. The quantitative estimate of drug-likeness (QED) is 0.828. The zero-order chi connectivity index (χ0) is 12.3. The highest BCUT2D eigenvalue weighted by molar-refractivity contribution is 7.11. The lowest BCUT2D eigenvalue weighted by atomic mass is 9.99. The average molecular weight is 262 g/mol. The van der Waals surface area contributed by atoms with Gasteiger partial charge in [0.2, 0.25) is 0 Å². The number of nitrogens with zero attached hydrogens (tertiary/aromatic N) is 1. The van der Waals surface area contributed by atoms with Crippen molar-refractivity contribution in [2.75, 3.05) is 13.2 Å². The fraction of sp³-hybridized carbons (Fsp3) is 0.727. The molecule has 0 aliphatic heterocycles. The highest BCUT2D eigenvalue weighted by Crippen LogP contribution is 2.32. The number of ether oxygens (including phenoxy) is 1. The summed E-state index contributed by atoms with van der Waals surface area (Å²) in [5.41, 5.74) is 7.09. The molecule has 0 saturated heterocycles. The van der Waals surface area contributed by atoms with Gasteiger partial charge in [-0.25, -0.2) is 13.8 Å². The van der Waals surface area contributed by atoms with Crippen LogP contribution in [0.2, 0.25) is 0 Å². The van der Waals surface area contributed by atoms with Crippen molar-refractivity contribution in [1.29, 1.82) is 0 Å². The number of halogens is 2. The van der Waals surface area contributed by atoms with E-state index in [1.165, 1.54) is 4.88 Å². The standard InChI is InChI=1S/C11H16F2N2OS/c12-9(13)6-16-5-4-10-15-8-3-1-2-7(14)11(8)17-10/h7,9H,1-6,14H2. The van der Waals surface area contributed by atoms with Gasteiger partial charge in [-0.15, -0.1) is 11.3 Å². The number of aromatic nitrogens is 1. The third-order valence-corrected chi connectivity index (χ3v) is 4.03. The molecular formula is C11H16F2N2OS. The molecule has 1 aromatic heterocycles. The molecule has 0 fully saturated rings. The number of hydrogen-bond acceptors (Lipinski definition) is 4. The molecule has 0 radical (unpaired) electrons.